The molecule has 0 heterocycles. The van der Waals surface area contributed by atoms with Crippen molar-refractivity contribution in [3.63, 3.8) is 0 Å². The van der Waals surface area contributed by atoms with Crippen molar-refractivity contribution in [2.75, 3.05) is 30.8 Å². The van der Waals surface area contributed by atoms with E-state index in [4.69, 9.17) is 16.3 Å². The highest BCUT2D eigenvalue weighted by Crippen LogP contribution is 2.30. The summed E-state index contributed by atoms with van der Waals surface area (Å²) in [6.45, 7) is 1.69. The van der Waals surface area contributed by atoms with Crippen molar-refractivity contribution in [3.8, 4) is 5.75 Å². The second-order valence-electron chi connectivity index (χ2n) is 9.23. The van der Waals surface area contributed by atoms with Crippen LogP contribution in [0.1, 0.15) is 24.5 Å². The molecule has 11 heteroatoms. The molecule has 0 radical (unpaired) electrons. The molecular weight excluding hydrogens is 557 g/mol. The molecule has 0 spiro atoms. The van der Waals surface area contributed by atoms with Crippen molar-refractivity contribution in [1.29, 1.82) is 0 Å². The SMILES string of the molecule is CCCNC(=O)C(Cc1ccccc1)N(Cc1ccc(F)cc1)C(=O)CN(c1ccc(OC)c(Cl)c1)S(C)(=O)=O. The van der Waals surface area contributed by atoms with Crippen LogP contribution in [0, 0.1) is 5.82 Å². The number of nitrogens with one attached hydrogen (secondary N) is 1. The Hall–Kier alpha value is -3.63. The molecule has 0 aliphatic carbocycles. The molecule has 0 saturated carbocycles. The highest BCUT2D eigenvalue weighted by Gasteiger charge is 2.33. The largest absolute Gasteiger partial charge is 0.495 e. The molecule has 0 aliphatic rings. The van der Waals surface area contributed by atoms with Crippen molar-refractivity contribution in [2.24, 2.45) is 0 Å². The van der Waals surface area contributed by atoms with Crippen LogP contribution in [-0.4, -0.2) is 57.6 Å². The number of anilines is 1. The second-order valence-corrected chi connectivity index (χ2v) is 11.5. The van der Waals surface area contributed by atoms with Gasteiger partial charge in [-0.3, -0.25) is 13.9 Å². The lowest BCUT2D eigenvalue weighted by molar-refractivity contribution is -0.140. The van der Waals surface area contributed by atoms with E-state index >= 15 is 0 Å². The first-order valence-corrected chi connectivity index (χ1v) is 14.9. The summed E-state index contributed by atoms with van der Waals surface area (Å²) in [4.78, 5) is 28.7. The molecular formula is C29H33ClFN3O5S. The summed E-state index contributed by atoms with van der Waals surface area (Å²) in [6.07, 6.45) is 1.87. The van der Waals surface area contributed by atoms with Gasteiger partial charge in [0.1, 0.15) is 24.2 Å². The first kappa shape index (κ1) is 30.9. The minimum Gasteiger partial charge on any atom is -0.495 e. The number of methoxy groups -OCH3 is 1. The van der Waals surface area contributed by atoms with Crippen molar-refractivity contribution in [3.05, 3.63) is 94.8 Å². The van der Waals surface area contributed by atoms with Crippen LogP contribution in [0.25, 0.3) is 0 Å². The molecule has 214 valence electrons. The molecule has 0 aromatic heterocycles. The van der Waals surface area contributed by atoms with Gasteiger partial charge in [-0.25, -0.2) is 12.8 Å². The summed E-state index contributed by atoms with van der Waals surface area (Å²) in [5, 5.41) is 3.03. The van der Waals surface area contributed by atoms with Crippen LogP contribution < -0.4 is 14.4 Å². The molecule has 0 aliphatic heterocycles. The van der Waals surface area contributed by atoms with Gasteiger partial charge in [0, 0.05) is 19.5 Å². The van der Waals surface area contributed by atoms with Gasteiger partial charge >= 0.3 is 0 Å². The predicted molar refractivity (Wildman–Crippen MR) is 154 cm³/mol. The van der Waals surface area contributed by atoms with Gasteiger partial charge in [0.25, 0.3) is 0 Å². The molecule has 8 nitrogen and oxygen atoms in total. The van der Waals surface area contributed by atoms with E-state index in [0.717, 1.165) is 16.1 Å². The number of carbonyl (C=O) groups excluding carboxylic acids is 2. The monoisotopic (exact) mass is 589 g/mol. The lowest BCUT2D eigenvalue weighted by Crippen LogP contribution is -2.53. The topological polar surface area (TPSA) is 96.0 Å². The van der Waals surface area contributed by atoms with Crippen LogP contribution in [0.2, 0.25) is 5.02 Å². The number of rotatable bonds is 13. The molecule has 1 N–H and O–H groups in total. The Morgan fingerprint density at radius 3 is 2.27 bits per heavy atom. The lowest BCUT2D eigenvalue weighted by Gasteiger charge is -2.33. The number of hydrogen-bond donors (Lipinski definition) is 1. The zero-order chi connectivity index (χ0) is 29.3. The Bertz CT molecular complexity index is 1400. The van der Waals surface area contributed by atoms with Crippen LogP contribution in [0.5, 0.6) is 5.75 Å². The molecule has 0 bridgehead atoms. The highest BCUT2D eigenvalue weighted by molar-refractivity contribution is 7.92. The number of nitrogens with zero attached hydrogens (tertiary/aromatic N) is 2. The Morgan fingerprint density at radius 1 is 1.02 bits per heavy atom. The maximum absolute atomic E-state index is 14.0. The first-order chi connectivity index (χ1) is 19.0. The Morgan fingerprint density at radius 2 is 1.70 bits per heavy atom. The molecule has 0 saturated heterocycles. The summed E-state index contributed by atoms with van der Waals surface area (Å²) >= 11 is 6.25. The number of carbonyl (C=O) groups is 2. The standard InChI is InChI=1S/C29H33ClFN3O5S/c1-4-16-32-29(36)26(17-21-8-6-5-7-9-21)33(19-22-10-12-23(31)13-11-22)28(35)20-34(40(3,37)38)24-14-15-27(39-2)25(30)18-24/h5-15,18,26H,4,16-17,19-20H2,1-3H3,(H,32,36). The maximum atomic E-state index is 14.0. The van der Waals surface area contributed by atoms with Crippen LogP contribution in [0.3, 0.4) is 0 Å². The average molecular weight is 590 g/mol. The van der Waals surface area contributed by atoms with Crippen molar-refractivity contribution in [2.45, 2.75) is 32.4 Å². The normalized spacial score (nSPS) is 11.9. The zero-order valence-electron chi connectivity index (χ0n) is 22.6. The van der Waals surface area contributed by atoms with Gasteiger partial charge in [-0.2, -0.15) is 0 Å². The van der Waals surface area contributed by atoms with Gasteiger partial charge in [0.15, 0.2) is 0 Å². The summed E-state index contributed by atoms with van der Waals surface area (Å²) in [5.74, 6) is -1.09. The van der Waals surface area contributed by atoms with Gasteiger partial charge in [0.2, 0.25) is 21.8 Å². The lowest BCUT2D eigenvalue weighted by atomic mass is 10.0. The molecule has 3 aromatic rings. The van der Waals surface area contributed by atoms with Crippen molar-refractivity contribution >= 4 is 39.1 Å². The number of benzene rings is 3. The third-order valence-electron chi connectivity index (χ3n) is 6.19. The Labute approximate surface area is 239 Å². The molecule has 1 atom stereocenters. The Kier molecular flexibility index (Phi) is 10.9. The molecule has 3 rings (SSSR count). The summed E-state index contributed by atoms with van der Waals surface area (Å²) in [7, 11) is -2.51. The van der Waals surface area contributed by atoms with Crippen LogP contribution in [0.4, 0.5) is 10.1 Å². The predicted octanol–water partition coefficient (Wildman–Crippen LogP) is 4.42. The fourth-order valence-corrected chi connectivity index (χ4v) is 5.22. The van der Waals surface area contributed by atoms with E-state index in [-0.39, 0.29) is 29.6 Å². The van der Waals surface area contributed by atoms with E-state index in [1.54, 1.807) is 0 Å². The number of halogens is 2. The smallest absolute Gasteiger partial charge is 0.244 e. The minimum absolute atomic E-state index is 0.0445. The number of hydrogen-bond acceptors (Lipinski definition) is 5. The fraction of sp³-hybridized carbons (Fsp3) is 0.310. The van der Waals surface area contributed by atoms with Gasteiger partial charge in [-0.15, -0.1) is 0 Å². The summed E-state index contributed by atoms with van der Waals surface area (Å²) < 4.78 is 45.4. The van der Waals surface area contributed by atoms with Crippen LogP contribution >= 0.6 is 11.6 Å². The molecule has 2 amide bonds. The van der Waals surface area contributed by atoms with Crippen LogP contribution in [-0.2, 0) is 32.6 Å². The third kappa shape index (κ3) is 8.43. The summed E-state index contributed by atoms with van der Waals surface area (Å²) in [6, 6.07) is 18.2. The van der Waals surface area contributed by atoms with Gasteiger partial charge in [0.05, 0.1) is 24.1 Å². The van der Waals surface area contributed by atoms with E-state index in [1.807, 2.05) is 37.3 Å². The molecule has 40 heavy (non-hydrogen) atoms. The molecule has 1 unspecified atom stereocenters. The van der Waals surface area contributed by atoms with Crippen molar-refractivity contribution in [1.82, 2.24) is 10.2 Å². The number of amides is 2. The second kappa shape index (κ2) is 14.1. The van der Waals surface area contributed by atoms with Crippen molar-refractivity contribution < 1.29 is 27.1 Å². The van der Waals surface area contributed by atoms with E-state index in [0.29, 0.717) is 24.3 Å². The van der Waals surface area contributed by atoms with E-state index < -0.39 is 34.3 Å². The van der Waals surface area contributed by atoms with E-state index in [1.165, 1.54) is 54.5 Å². The zero-order valence-corrected chi connectivity index (χ0v) is 24.2. The van der Waals surface area contributed by atoms with E-state index in [2.05, 4.69) is 5.32 Å². The van der Waals surface area contributed by atoms with Gasteiger partial charge < -0.3 is 15.0 Å². The fourth-order valence-electron chi connectivity index (χ4n) is 4.13. The quantitative estimate of drug-likeness (QED) is 0.318. The minimum atomic E-state index is -3.94. The van der Waals surface area contributed by atoms with E-state index in [9.17, 15) is 22.4 Å². The number of ether oxygens (including phenoxy) is 1. The first-order valence-electron chi connectivity index (χ1n) is 12.7. The third-order valence-corrected chi connectivity index (χ3v) is 7.63. The number of sulfonamides is 1. The maximum Gasteiger partial charge on any atom is 0.244 e. The van der Waals surface area contributed by atoms with Gasteiger partial charge in [-0.1, -0.05) is 61.0 Å². The Balaban J connectivity index is 2.04. The van der Waals surface area contributed by atoms with Crippen LogP contribution in [0.15, 0.2) is 72.8 Å². The summed E-state index contributed by atoms with van der Waals surface area (Å²) in [5.41, 5.74) is 1.56. The molecule has 0 fully saturated rings. The van der Waals surface area contributed by atoms with Gasteiger partial charge in [-0.05, 0) is 47.9 Å². The average Bonchev–Trinajstić information content (AvgIpc) is 2.93. The highest BCUT2D eigenvalue weighted by atomic mass is 35.5. The molecule has 3 aromatic carbocycles.